The molecule has 0 bridgehead atoms. The monoisotopic (exact) mass is 971 g/mol. The van der Waals surface area contributed by atoms with E-state index in [-0.39, 0.29) is 11.1 Å². The van der Waals surface area contributed by atoms with Gasteiger partial charge in [0.1, 0.15) is 7.05 Å². The van der Waals surface area contributed by atoms with Gasteiger partial charge in [0, 0.05) is 46.6 Å². The molecule has 0 unspecified atom stereocenters. The van der Waals surface area contributed by atoms with E-state index in [1.807, 2.05) is 0 Å². The molecule has 1 aliphatic carbocycles. The van der Waals surface area contributed by atoms with Crippen molar-refractivity contribution in [3.8, 4) is 0 Å². The summed E-state index contributed by atoms with van der Waals surface area (Å²) in [6.07, 6.45) is -5.94. The summed E-state index contributed by atoms with van der Waals surface area (Å²) in [6, 6.07) is 7.87. The summed E-state index contributed by atoms with van der Waals surface area (Å²) in [5.41, 5.74) is 2.54. The molecule has 3 aliphatic rings. The smallest absolute Gasteiger partial charge is 0.347 e. The van der Waals surface area contributed by atoms with Crippen molar-refractivity contribution >= 4 is 40.8 Å². The molecule has 0 saturated carbocycles. The van der Waals surface area contributed by atoms with Crippen molar-refractivity contribution in [1.29, 1.82) is 0 Å². The van der Waals surface area contributed by atoms with Crippen LogP contribution in [0.4, 0.5) is 90.4 Å². The Labute approximate surface area is 365 Å². The lowest BCUT2D eigenvalue weighted by atomic mass is 9.80. The van der Waals surface area contributed by atoms with Gasteiger partial charge < -0.3 is 4.90 Å². The Balaban J connectivity index is 1.38. The average molecular weight is 972 g/mol. The zero-order valence-corrected chi connectivity index (χ0v) is 35.5. The molecule has 0 aromatic heterocycles. The molecule has 356 valence electrons. The number of anilines is 1. The second kappa shape index (κ2) is 16.3. The average Bonchev–Trinajstić information content (AvgIpc) is 3.49. The highest BCUT2D eigenvalue weighted by Crippen LogP contribution is 2.55. The van der Waals surface area contributed by atoms with E-state index in [1.165, 1.54) is 36.4 Å². The molecular weight excluding hydrogens is 934 g/mol. The van der Waals surface area contributed by atoms with E-state index in [2.05, 4.69) is 0 Å². The third kappa shape index (κ3) is 8.53. The normalized spacial score (nSPS) is 20.5. The van der Waals surface area contributed by atoms with Crippen molar-refractivity contribution in [2.75, 3.05) is 19.0 Å². The minimum atomic E-state index is -7.03. The first-order valence-electron chi connectivity index (χ1n) is 19.2. The summed E-state index contributed by atoms with van der Waals surface area (Å²) < 4.78 is 243. The lowest BCUT2D eigenvalue weighted by molar-refractivity contribution is -0.401. The molecule has 0 fully saturated rings. The molecule has 0 amide bonds. The second-order valence-electron chi connectivity index (χ2n) is 16.8. The summed E-state index contributed by atoms with van der Waals surface area (Å²) in [4.78, 5) is 1.74. The van der Waals surface area contributed by atoms with Crippen LogP contribution >= 0.6 is 11.6 Å². The summed E-state index contributed by atoms with van der Waals surface area (Å²) in [5, 5.41) is 0.388. The third-order valence-corrected chi connectivity index (χ3v) is 12.2. The maximum atomic E-state index is 14.2. The number of nitrogens with zero attached hydrogens (tertiary/aromatic N) is 2. The Kier molecular flexibility index (Phi) is 12.9. The molecule has 65 heavy (non-hydrogen) atoms. The highest BCUT2D eigenvalue weighted by atomic mass is 35.5. The number of halogens is 19. The topological polar surface area (TPSA) is 6.25 Å². The molecule has 2 aliphatic heterocycles. The van der Waals surface area contributed by atoms with Gasteiger partial charge in [0.15, 0.2) is 5.71 Å². The number of benzene rings is 2. The number of rotatable bonds is 11. The van der Waals surface area contributed by atoms with E-state index in [0.29, 0.717) is 81.5 Å². The van der Waals surface area contributed by atoms with Gasteiger partial charge in [-0.2, -0.15) is 83.6 Å². The summed E-state index contributed by atoms with van der Waals surface area (Å²) in [6.45, 7) is 6.98. The first-order valence-corrected chi connectivity index (χ1v) is 19.6. The fourth-order valence-electron chi connectivity index (χ4n) is 7.87. The fourth-order valence-corrected chi connectivity index (χ4v) is 8.18. The first kappa shape index (κ1) is 51.4. The van der Waals surface area contributed by atoms with Gasteiger partial charge in [-0.3, -0.25) is 0 Å². The zero-order chi connectivity index (χ0) is 49.5. The quantitative estimate of drug-likeness (QED) is 0.161. The van der Waals surface area contributed by atoms with Crippen molar-refractivity contribution in [2.45, 2.75) is 106 Å². The van der Waals surface area contributed by atoms with Crippen LogP contribution in [0.25, 0.3) is 12.2 Å². The van der Waals surface area contributed by atoms with E-state index >= 15 is 0 Å². The predicted octanol–water partition coefficient (Wildman–Crippen LogP) is 15.1. The van der Waals surface area contributed by atoms with Crippen LogP contribution < -0.4 is 4.90 Å². The number of hydrogen-bond acceptors (Lipinski definition) is 1. The van der Waals surface area contributed by atoms with Gasteiger partial charge in [0.2, 0.25) is 5.69 Å². The van der Waals surface area contributed by atoms with Crippen LogP contribution in [0, 0.1) is 0 Å². The van der Waals surface area contributed by atoms with Crippen LogP contribution in [0.5, 0.6) is 0 Å². The van der Waals surface area contributed by atoms with E-state index in [9.17, 15) is 79.0 Å². The van der Waals surface area contributed by atoms with Gasteiger partial charge in [-0.05, 0) is 103 Å². The van der Waals surface area contributed by atoms with Crippen LogP contribution in [-0.2, 0) is 10.8 Å². The highest BCUT2D eigenvalue weighted by Gasteiger charge is 2.82. The molecule has 2 aromatic carbocycles. The van der Waals surface area contributed by atoms with Crippen molar-refractivity contribution in [3.05, 3.63) is 117 Å². The predicted molar refractivity (Wildman–Crippen MR) is 210 cm³/mol. The van der Waals surface area contributed by atoms with Crippen LogP contribution in [0.2, 0.25) is 0 Å². The Bertz CT molecular complexity index is 2440. The molecule has 0 spiro atoms. The Morgan fingerprint density at radius 3 is 1.55 bits per heavy atom. The summed E-state index contributed by atoms with van der Waals surface area (Å²) in [5.74, 6) is -39.5. The maximum Gasteiger partial charge on any atom is 0.460 e. The number of likely N-dealkylation sites (N-methyl/N-ethyl adjacent to an activating group) is 1. The Morgan fingerprint density at radius 1 is 0.585 bits per heavy atom. The molecular formula is C44H38ClF18N2+. The minimum Gasteiger partial charge on any atom is -0.347 e. The van der Waals surface area contributed by atoms with E-state index in [4.69, 9.17) is 11.6 Å². The van der Waals surface area contributed by atoms with Gasteiger partial charge in [-0.1, -0.05) is 55.8 Å². The first-order chi connectivity index (χ1) is 29.3. The molecule has 5 rings (SSSR count). The van der Waals surface area contributed by atoms with Crippen molar-refractivity contribution < 1.29 is 83.6 Å². The highest BCUT2D eigenvalue weighted by molar-refractivity contribution is 6.32. The second-order valence-corrected chi connectivity index (χ2v) is 17.2. The van der Waals surface area contributed by atoms with Crippen LogP contribution in [0.15, 0.2) is 94.7 Å². The number of allylic oxidation sites excluding steroid dienone is 10. The Morgan fingerprint density at radius 2 is 1.06 bits per heavy atom. The third-order valence-electron chi connectivity index (χ3n) is 11.8. The summed E-state index contributed by atoms with van der Waals surface area (Å²) >= 11 is 6.90. The number of fused-ring (bicyclic) bond motifs is 2. The standard InChI is InChI=1S/C44H38ClF18N2/c1-35(2)28-22-24(18-20-37(46,47)39(50,51)41(54,55)43(58,59)60)10-14-30(28)64(5)32(35)16-12-26-8-7-9-27(34(26)45)13-17-33-36(3,4)29-23-25(11-15-31(29)65(33)6)19-21-38(48,49)40(52,53)42(56,57)44(61,62)63/h10-23H,7-9H2,1-6H3/q+1/b20-18+,21-19+. The van der Waals surface area contributed by atoms with Gasteiger partial charge in [0.25, 0.3) is 0 Å². The van der Waals surface area contributed by atoms with Crippen molar-refractivity contribution in [1.82, 2.24) is 0 Å². The fraction of sp³-hybridized carbons (Fsp3) is 0.432. The van der Waals surface area contributed by atoms with Gasteiger partial charge in [-0.25, -0.2) is 0 Å². The Hall–Kier alpha value is -4.62. The molecule has 0 saturated heterocycles. The maximum absolute atomic E-state index is 14.2. The van der Waals surface area contributed by atoms with Crippen molar-refractivity contribution in [2.24, 2.45) is 0 Å². The van der Waals surface area contributed by atoms with Gasteiger partial charge >= 0.3 is 47.9 Å². The van der Waals surface area contributed by atoms with Crippen LogP contribution in [0.1, 0.15) is 69.2 Å². The summed E-state index contributed by atoms with van der Waals surface area (Å²) in [7, 11) is 3.35. The van der Waals surface area contributed by atoms with E-state index < -0.39 is 70.9 Å². The van der Waals surface area contributed by atoms with Crippen LogP contribution in [-0.4, -0.2) is 72.3 Å². The largest absolute Gasteiger partial charge is 0.460 e. The molecule has 0 atom stereocenters. The lowest BCUT2D eigenvalue weighted by Gasteiger charge is -2.32. The van der Waals surface area contributed by atoms with E-state index in [1.54, 1.807) is 75.6 Å². The van der Waals surface area contributed by atoms with E-state index in [0.717, 1.165) is 0 Å². The molecule has 0 N–H and O–H groups in total. The number of hydrogen-bond donors (Lipinski definition) is 0. The zero-order valence-electron chi connectivity index (χ0n) is 34.8. The lowest BCUT2D eigenvalue weighted by Crippen LogP contribution is -2.60. The minimum absolute atomic E-state index is 0.190. The van der Waals surface area contributed by atoms with Crippen LogP contribution in [0.3, 0.4) is 0 Å². The molecule has 21 heteroatoms. The molecule has 2 nitrogen and oxygen atoms in total. The van der Waals surface area contributed by atoms with Crippen molar-refractivity contribution in [3.63, 3.8) is 0 Å². The SMILES string of the molecule is CN1/C(=C/C=C2\CCCC(/C=C/C3=[N+](C)c4ccc(/C=C/C(F)(F)C(F)(F)C(F)(F)C(F)(F)F)cc4C3(C)C)=C2Cl)C(C)(C)c2cc(/C=C/C(F)(F)C(F)(F)C(F)(F)C(F)(F)F)ccc21. The van der Waals surface area contributed by atoms with Gasteiger partial charge in [0.05, 0.1) is 5.41 Å². The molecule has 2 heterocycles. The van der Waals surface area contributed by atoms with Gasteiger partial charge in [-0.15, -0.1) is 0 Å². The number of alkyl halides is 18. The molecule has 0 radical (unpaired) electrons. The molecule has 2 aromatic rings.